The summed E-state index contributed by atoms with van der Waals surface area (Å²) in [7, 11) is 2.00. The Labute approximate surface area is 131 Å². The van der Waals surface area contributed by atoms with Gasteiger partial charge in [0.25, 0.3) is 0 Å². The van der Waals surface area contributed by atoms with Crippen molar-refractivity contribution in [2.75, 3.05) is 7.05 Å². The Kier molecular flexibility index (Phi) is 4.15. The molecule has 0 aliphatic carbocycles. The molecule has 0 saturated carbocycles. The molecular formula is C16H15BrN2S. The molecule has 0 aliphatic heterocycles. The summed E-state index contributed by atoms with van der Waals surface area (Å²) in [5.74, 6) is 0. The number of para-hydroxylation sites is 1. The lowest BCUT2D eigenvalue weighted by atomic mass is 10.1. The van der Waals surface area contributed by atoms with Gasteiger partial charge in [0.1, 0.15) is 0 Å². The number of nitrogens with one attached hydrogen (secondary N) is 1. The minimum Gasteiger partial charge on any atom is -0.312 e. The Bertz CT molecular complexity index is 723. The first-order valence-electron chi connectivity index (χ1n) is 6.52. The van der Waals surface area contributed by atoms with Gasteiger partial charge in [-0.3, -0.25) is 4.98 Å². The van der Waals surface area contributed by atoms with Gasteiger partial charge in [-0.2, -0.15) is 0 Å². The average molecular weight is 347 g/mol. The minimum absolute atomic E-state index is 0.306. The Morgan fingerprint density at radius 2 is 2.10 bits per heavy atom. The van der Waals surface area contributed by atoms with E-state index in [1.54, 1.807) is 11.3 Å². The maximum atomic E-state index is 4.75. The van der Waals surface area contributed by atoms with Crippen LogP contribution in [0.15, 0.2) is 52.3 Å². The summed E-state index contributed by atoms with van der Waals surface area (Å²) in [6.45, 7) is 0. The van der Waals surface area contributed by atoms with Crippen molar-refractivity contribution >= 4 is 38.2 Å². The van der Waals surface area contributed by atoms with Gasteiger partial charge in [-0.25, -0.2) is 0 Å². The fraction of sp³-hybridized carbons (Fsp3) is 0.188. The summed E-state index contributed by atoms with van der Waals surface area (Å²) in [6, 6.07) is 15.0. The van der Waals surface area contributed by atoms with Crippen molar-refractivity contribution in [1.82, 2.24) is 10.3 Å². The standard InChI is InChI=1S/C16H15BrN2S/c1-18-15(16-8-12(17)10-20-16)9-13-7-6-11-4-2-3-5-14(11)19-13/h2-8,10,15,18H,9H2,1H3. The zero-order valence-electron chi connectivity index (χ0n) is 11.1. The van der Waals surface area contributed by atoms with Crippen LogP contribution in [0.4, 0.5) is 0 Å². The summed E-state index contributed by atoms with van der Waals surface area (Å²) >= 11 is 5.28. The van der Waals surface area contributed by atoms with E-state index >= 15 is 0 Å². The van der Waals surface area contributed by atoms with E-state index in [-0.39, 0.29) is 0 Å². The fourth-order valence-corrected chi connectivity index (χ4v) is 3.84. The number of nitrogens with zero attached hydrogens (tertiary/aromatic N) is 1. The molecule has 102 valence electrons. The highest BCUT2D eigenvalue weighted by Crippen LogP contribution is 2.27. The number of hydrogen-bond donors (Lipinski definition) is 1. The summed E-state index contributed by atoms with van der Waals surface area (Å²) in [6.07, 6.45) is 0.897. The molecule has 0 saturated heterocycles. The third-order valence-electron chi connectivity index (χ3n) is 3.35. The smallest absolute Gasteiger partial charge is 0.0705 e. The highest BCUT2D eigenvalue weighted by Gasteiger charge is 2.13. The van der Waals surface area contributed by atoms with Crippen molar-refractivity contribution in [2.45, 2.75) is 12.5 Å². The quantitative estimate of drug-likeness (QED) is 0.748. The third-order valence-corrected chi connectivity index (χ3v) is 5.16. The van der Waals surface area contributed by atoms with Crippen molar-refractivity contribution in [1.29, 1.82) is 0 Å². The lowest BCUT2D eigenvalue weighted by Crippen LogP contribution is -2.18. The molecule has 0 radical (unpaired) electrons. The van der Waals surface area contributed by atoms with Gasteiger partial charge in [0.15, 0.2) is 0 Å². The first-order chi connectivity index (χ1) is 9.76. The van der Waals surface area contributed by atoms with E-state index in [9.17, 15) is 0 Å². The highest BCUT2D eigenvalue weighted by atomic mass is 79.9. The number of thiophene rings is 1. The topological polar surface area (TPSA) is 24.9 Å². The molecule has 4 heteroatoms. The molecule has 2 heterocycles. The van der Waals surface area contributed by atoms with Crippen LogP contribution in [0, 0.1) is 0 Å². The molecule has 2 aromatic heterocycles. The van der Waals surface area contributed by atoms with Crippen molar-refractivity contribution in [3.8, 4) is 0 Å². The van der Waals surface area contributed by atoms with E-state index < -0.39 is 0 Å². The van der Waals surface area contributed by atoms with Gasteiger partial charge in [0.05, 0.1) is 5.52 Å². The normalized spacial score (nSPS) is 12.7. The Morgan fingerprint density at radius 1 is 1.25 bits per heavy atom. The first-order valence-corrected chi connectivity index (χ1v) is 8.19. The maximum Gasteiger partial charge on any atom is 0.0705 e. The van der Waals surface area contributed by atoms with E-state index in [0.29, 0.717) is 6.04 Å². The number of pyridine rings is 1. The van der Waals surface area contributed by atoms with E-state index in [4.69, 9.17) is 4.98 Å². The number of halogens is 1. The highest BCUT2D eigenvalue weighted by molar-refractivity contribution is 9.10. The van der Waals surface area contributed by atoms with Gasteiger partial charge >= 0.3 is 0 Å². The monoisotopic (exact) mass is 346 g/mol. The second kappa shape index (κ2) is 6.04. The first kappa shape index (κ1) is 13.7. The maximum absolute atomic E-state index is 4.75. The molecule has 1 aromatic carbocycles. The number of hydrogen-bond acceptors (Lipinski definition) is 3. The predicted molar refractivity (Wildman–Crippen MR) is 89.3 cm³/mol. The molecule has 2 nitrogen and oxygen atoms in total. The van der Waals surface area contributed by atoms with E-state index in [2.05, 4.69) is 57.0 Å². The molecule has 3 rings (SSSR count). The van der Waals surface area contributed by atoms with Crippen LogP contribution < -0.4 is 5.32 Å². The van der Waals surface area contributed by atoms with Crippen LogP contribution >= 0.6 is 27.3 Å². The van der Waals surface area contributed by atoms with E-state index in [1.165, 1.54) is 10.3 Å². The van der Waals surface area contributed by atoms with Crippen LogP contribution in [0.2, 0.25) is 0 Å². The van der Waals surface area contributed by atoms with Crippen molar-refractivity contribution in [3.05, 3.63) is 62.9 Å². The number of benzene rings is 1. The zero-order chi connectivity index (χ0) is 13.9. The Balaban J connectivity index is 1.87. The molecule has 0 amide bonds. The van der Waals surface area contributed by atoms with Crippen molar-refractivity contribution in [2.24, 2.45) is 0 Å². The lowest BCUT2D eigenvalue weighted by molar-refractivity contribution is 0.595. The zero-order valence-corrected chi connectivity index (χ0v) is 13.5. The molecule has 0 fully saturated rings. The van der Waals surface area contributed by atoms with Crippen LogP contribution in [-0.2, 0) is 6.42 Å². The van der Waals surface area contributed by atoms with Gasteiger partial charge in [0.2, 0.25) is 0 Å². The number of rotatable bonds is 4. The largest absolute Gasteiger partial charge is 0.312 e. The summed E-state index contributed by atoms with van der Waals surface area (Å²) in [4.78, 5) is 6.08. The number of fused-ring (bicyclic) bond motifs is 1. The van der Waals surface area contributed by atoms with Gasteiger partial charge < -0.3 is 5.32 Å². The van der Waals surface area contributed by atoms with Gasteiger partial charge in [-0.1, -0.05) is 24.3 Å². The third kappa shape index (κ3) is 2.92. The lowest BCUT2D eigenvalue weighted by Gasteiger charge is -2.14. The fourth-order valence-electron chi connectivity index (χ4n) is 2.29. The van der Waals surface area contributed by atoms with Crippen LogP contribution in [0.5, 0.6) is 0 Å². The van der Waals surface area contributed by atoms with Gasteiger partial charge in [0, 0.05) is 38.3 Å². The number of likely N-dealkylation sites (N-methyl/N-ethyl adjacent to an activating group) is 1. The summed E-state index contributed by atoms with van der Waals surface area (Å²) < 4.78 is 1.14. The van der Waals surface area contributed by atoms with Crippen LogP contribution in [0.3, 0.4) is 0 Å². The summed E-state index contributed by atoms with van der Waals surface area (Å²) in [5.41, 5.74) is 2.18. The average Bonchev–Trinajstić information content (AvgIpc) is 2.91. The second-order valence-electron chi connectivity index (χ2n) is 4.71. The van der Waals surface area contributed by atoms with Crippen molar-refractivity contribution < 1.29 is 0 Å². The van der Waals surface area contributed by atoms with Gasteiger partial charge in [-0.05, 0) is 41.2 Å². The number of aromatic nitrogens is 1. The molecule has 0 bridgehead atoms. The Morgan fingerprint density at radius 3 is 2.85 bits per heavy atom. The van der Waals surface area contributed by atoms with Crippen molar-refractivity contribution in [3.63, 3.8) is 0 Å². The van der Waals surface area contributed by atoms with Gasteiger partial charge in [-0.15, -0.1) is 11.3 Å². The predicted octanol–water partition coefficient (Wildman–Crippen LogP) is 4.56. The summed E-state index contributed by atoms with van der Waals surface area (Å²) in [5, 5.41) is 6.69. The Hall–Kier alpha value is -1.23. The molecule has 1 unspecified atom stereocenters. The van der Waals surface area contributed by atoms with Crippen LogP contribution in [-0.4, -0.2) is 12.0 Å². The molecule has 20 heavy (non-hydrogen) atoms. The van der Waals surface area contributed by atoms with Crippen LogP contribution in [0.1, 0.15) is 16.6 Å². The molecule has 1 atom stereocenters. The molecule has 3 aromatic rings. The SMILES string of the molecule is CNC(Cc1ccc2ccccc2n1)c1cc(Br)cs1. The minimum atomic E-state index is 0.306. The van der Waals surface area contributed by atoms with Crippen LogP contribution in [0.25, 0.3) is 10.9 Å². The van der Waals surface area contributed by atoms with E-state index in [1.807, 2.05) is 19.2 Å². The van der Waals surface area contributed by atoms with E-state index in [0.717, 1.165) is 22.1 Å². The molecule has 1 N–H and O–H groups in total. The molecule has 0 spiro atoms. The molecule has 0 aliphatic rings. The molecular weight excluding hydrogens is 332 g/mol. The second-order valence-corrected chi connectivity index (χ2v) is 6.57.